The van der Waals surface area contributed by atoms with E-state index >= 15 is 0 Å². The fourth-order valence-electron chi connectivity index (χ4n) is 1.46. The Hall–Kier alpha value is -0.960. The van der Waals surface area contributed by atoms with Gasteiger partial charge in [0.2, 0.25) is 0 Å². The topological polar surface area (TPSA) is 38.9 Å². The molecule has 1 aromatic heterocycles. The van der Waals surface area contributed by atoms with Crippen LogP contribution in [0, 0.1) is 5.82 Å². The molecule has 0 atom stereocenters. The highest BCUT2D eigenvalue weighted by molar-refractivity contribution is 5.29. The van der Waals surface area contributed by atoms with Crippen LogP contribution >= 0.6 is 0 Å². The minimum Gasteiger partial charge on any atom is -0.330 e. The highest BCUT2D eigenvalue weighted by Crippen LogP contribution is 2.46. The van der Waals surface area contributed by atoms with Gasteiger partial charge in [-0.1, -0.05) is 0 Å². The number of pyridine rings is 1. The van der Waals surface area contributed by atoms with Crippen molar-refractivity contribution in [2.75, 3.05) is 6.54 Å². The Morgan fingerprint density at radius 2 is 2.25 bits per heavy atom. The van der Waals surface area contributed by atoms with E-state index in [4.69, 9.17) is 5.73 Å². The zero-order valence-electron chi connectivity index (χ0n) is 6.76. The van der Waals surface area contributed by atoms with E-state index in [1.165, 1.54) is 12.3 Å². The summed E-state index contributed by atoms with van der Waals surface area (Å²) in [6.45, 7) is 0.595. The molecule has 0 spiro atoms. The van der Waals surface area contributed by atoms with Gasteiger partial charge in [0.25, 0.3) is 0 Å². The summed E-state index contributed by atoms with van der Waals surface area (Å²) in [5.41, 5.74) is 6.60. The lowest BCUT2D eigenvalue weighted by atomic mass is 9.98. The van der Waals surface area contributed by atoms with Gasteiger partial charge in [-0.2, -0.15) is 0 Å². The van der Waals surface area contributed by atoms with Gasteiger partial charge in [0.1, 0.15) is 5.82 Å². The summed E-state index contributed by atoms with van der Waals surface area (Å²) in [6, 6.07) is 1.53. The third kappa shape index (κ3) is 1.10. The van der Waals surface area contributed by atoms with E-state index in [0.717, 1.165) is 18.4 Å². The third-order valence-corrected chi connectivity index (χ3v) is 2.56. The molecule has 1 saturated carbocycles. The van der Waals surface area contributed by atoms with Crippen molar-refractivity contribution in [3.05, 3.63) is 29.8 Å². The average molecular weight is 166 g/mol. The molecule has 12 heavy (non-hydrogen) atoms. The maximum Gasteiger partial charge on any atom is 0.141 e. The highest BCUT2D eigenvalue weighted by atomic mass is 19.1. The standard InChI is InChI=1S/C9H11FN2/c10-8-3-7(4-12-5-8)9(6-11)1-2-9/h3-5H,1-2,6,11H2. The second-order valence-corrected chi connectivity index (χ2v) is 3.38. The number of hydrogen-bond donors (Lipinski definition) is 1. The van der Waals surface area contributed by atoms with E-state index in [-0.39, 0.29) is 11.2 Å². The molecule has 0 aliphatic heterocycles. The Kier molecular flexibility index (Phi) is 1.61. The molecule has 2 nitrogen and oxygen atoms in total. The van der Waals surface area contributed by atoms with E-state index in [0.29, 0.717) is 6.54 Å². The third-order valence-electron chi connectivity index (χ3n) is 2.56. The largest absolute Gasteiger partial charge is 0.330 e. The van der Waals surface area contributed by atoms with Gasteiger partial charge in [-0.25, -0.2) is 4.39 Å². The van der Waals surface area contributed by atoms with Crippen LogP contribution in [0.5, 0.6) is 0 Å². The fourth-order valence-corrected chi connectivity index (χ4v) is 1.46. The minimum absolute atomic E-state index is 0.0507. The number of halogens is 1. The van der Waals surface area contributed by atoms with Gasteiger partial charge in [-0.3, -0.25) is 4.98 Å². The van der Waals surface area contributed by atoms with Crippen LogP contribution in [-0.2, 0) is 5.41 Å². The number of nitrogens with zero attached hydrogens (tertiary/aromatic N) is 1. The fraction of sp³-hybridized carbons (Fsp3) is 0.444. The molecule has 2 N–H and O–H groups in total. The molecule has 0 amide bonds. The molecule has 2 rings (SSSR count). The Balaban J connectivity index is 2.34. The van der Waals surface area contributed by atoms with E-state index in [2.05, 4.69) is 4.98 Å². The Morgan fingerprint density at radius 3 is 2.75 bits per heavy atom. The van der Waals surface area contributed by atoms with Crippen LogP contribution in [0.2, 0.25) is 0 Å². The van der Waals surface area contributed by atoms with Crippen molar-refractivity contribution in [3.8, 4) is 0 Å². The normalized spacial score (nSPS) is 19.2. The zero-order chi connectivity index (χ0) is 8.60. The van der Waals surface area contributed by atoms with Crippen molar-refractivity contribution in [2.45, 2.75) is 18.3 Å². The Labute approximate surface area is 70.6 Å². The van der Waals surface area contributed by atoms with Crippen LogP contribution in [0.3, 0.4) is 0 Å². The molecule has 1 aromatic rings. The van der Waals surface area contributed by atoms with E-state index in [9.17, 15) is 4.39 Å². The molecule has 1 aliphatic rings. The van der Waals surface area contributed by atoms with Gasteiger partial charge in [0.05, 0.1) is 6.20 Å². The monoisotopic (exact) mass is 166 g/mol. The number of rotatable bonds is 2. The van der Waals surface area contributed by atoms with Crippen molar-refractivity contribution in [3.63, 3.8) is 0 Å². The summed E-state index contributed by atoms with van der Waals surface area (Å²) < 4.78 is 12.8. The first-order valence-corrected chi connectivity index (χ1v) is 4.08. The quantitative estimate of drug-likeness (QED) is 0.717. The number of nitrogens with two attached hydrogens (primary N) is 1. The van der Waals surface area contributed by atoms with E-state index < -0.39 is 0 Å². The molecule has 3 heteroatoms. The molecule has 64 valence electrons. The molecular formula is C9H11FN2. The summed E-state index contributed by atoms with van der Waals surface area (Å²) in [7, 11) is 0. The van der Waals surface area contributed by atoms with Gasteiger partial charge < -0.3 is 5.73 Å². The van der Waals surface area contributed by atoms with Crippen LogP contribution in [0.1, 0.15) is 18.4 Å². The van der Waals surface area contributed by atoms with Crippen molar-refractivity contribution in [2.24, 2.45) is 5.73 Å². The minimum atomic E-state index is -0.271. The van der Waals surface area contributed by atoms with Gasteiger partial charge in [-0.05, 0) is 24.5 Å². The lowest BCUT2D eigenvalue weighted by Gasteiger charge is -2.11. The molecule has 0 unspecified atom stereocenters. The SMILES string of the molecule is NCC1(c2cncc(F)c2)CC1. The summed E-state index contributed by atoms with van der Waals surface area (Å²) in [6.07, 6.45) is 5.06. The maximum absolute atomic E-state index is 12.8. The van der Waals surface area contributed by atoms with Crippen molar-refractivity contribution < 1.29 is 4.39 Å². The molecule has 0 saturated heterocycles. The maximum atomic E-state index is 12.8. The molecule has 1 fully saturated rings. The number of aromatic nitrogens is 1. The van der Waals surface area contributed by atoms with Gasteiger partial charge >= 0.3 is 0 Å². The Morgan fingerprint density at radius 1 is 1.50 bits per heavy atom. The Bertz CT molecular complexity index is 294. The zero-order valence-corrected chi connectivity index (χ0v) is 6.76. The van der Waals surface area contributed by atoms with Crippen molar-refractivity contribution in [1.29, 1.82) is 0 Å². The predicted molar refractivity (Wildman–Crippen MR) is 44.2 cm³/mol. The van der Waals surface area contributed by atoms with Crippen LogP contribution in [-0.4, -0.2) is 11.5 Å². The predicted octanol–water partition coefficient (Wildman–Crippen LogP) is 1.21. The first-order chi connectivity index (χ1) is 5.77. The first-order valence-electron chi connectivity index (χ1n) is 4.08. The van der Waals surface area contributed by atoms with Crippen LogP contribution < -0.4 is 5.73 Å². The van der Waals surface area contributed by atoms with Gasteiger partial charge in [-0.15, -0.1) is 0 Å². The molecule has 1 heterocycles. The molecule has 0 radical (unpaired) electrons. The van der Waals surface area contributed by atoms with Gasteiger partial charge in [0, 0.05) is 18.2 Å². The second-order valence-electron chi connectivity index (χ2n) is 3.38. The lowest BCUT2D eigenvalue weighted by Crippen LogP contribution is -2.19. The highest BCUT2D eigenvalue weighted by Gasteiger charge is 2.43. The van der Waals surface area contributed by atoms with Gasteiger partial charge in [0.15, 0.2) is 0 Å². The van der Waals surface area contributed by atoms with E-state index in [1.54, 1.807) is 6.20 Å². The summed E-state index contributed by atoms with van der Waals surface area (Å²) >= 11 is 0. The average Bonchev–Trinajstić information content (AvgIpc) is 2.84. The van der Waals surface area contributed by atoms with Crippen LogP contribution in [0.15, 0.2) is 18.5 Å². The van der Waals surface area contributed by atoms with Crippen LogP contribution in [0.4, 0.5) is 4.39 Å². The lowest BCUT2D eigenvalue weighted by molar-refractivity contribution is 0.608. The van der Waals surface area contributed by atoms with Crippen LogP contribution in [0.25, 0.3) is 0 Å². The molecule has 0 bridgehead atoms. The van der Waals surface area contributed by atoms with Crippen molar-refractivity contribution >= 4 is 0 Å². The van der Waals surface area contributed by atoms with Crippen molar-refractivity contribution in [1.82, 2.24) is 4.98 Å². The number of hydrogen-bond acceptors (Lipinski definition) is 2. The first kappa shape index (κ1) is 7.68. The summed E-state index contributed by atoms with van der Waals surface area (Å²) in [5, 5.41) is 0. The molecular weight excluding hydrogens is 155 g/mol. The smallest absolute Gasteiger partial charge is 0.141 e. The van der Waals surface area contributed by atoms with E-state index in [1.807, 2.05) is 0 Å². The molecule has 1 aliphatic carbocycles. The summed E-state index contributed by atoms with van der Waals surface area (Å²) in [5.74, 6) is -0.271. The summed E-state index contributed by atoms with van der Waals surface area (Å²) in [4.78, 5) is 3.81. The molecule has 0 aromatic carbocycles. The second kappa shape index (κ2) is 2.52.